The van der Waals surface area contributed by atoms with Crippen molar-refractivity contribution in [1.82, 2.24) is 14.8 Å². The SMILES string of the molecule is COCCOCCNS(=O)(=O)NC(=O)OCCOCCNC(=O)C(C)(C)CC(C)(C)CC(C)(C)C(C)(C)C. The summed E-state index contributed by atoms with van der Waals surface area (Å²) < 4.78 is 47.6. The van der Waals surface area contributed by atoms with Crippen LogP contribution in [0, 0.1) is 21.7 Å². The molecule has 0 heterocycles. The van der Waals surface area contributed by atoms with Crippen molar-refractivity contribution in [3.05, 3.63) is 0 Å². The van der Waals surface area contributed by atoms with Crippen LogP contribution in [0.15, 0.2) is 0 Å². The summed E-state index contributed by atoms with van der Waals surface area (Å²) in [4.78, 5) is 24.5. The molecule has 0 radical (unpaired) electrons. The number of carbonyl (C=O) groups excluding carboxylic acids is 2. The Labute approximate surface area is 230 Å². The maximum absolute atomic E-state index is 12.8. The first-order valence-corrected chi connectivity index (χ1v) is 14.6. The summed E-state index contributed by atoms with van der Waals surface area (Å²) in [5.74, 6) is -0.0415. The maximum atomic E-state index is 12.8. The lowest BCUT2D eigenvalue weighted by molar-refractivity contribution is -0.131. The van der Waals surface area contributed by atoms with Crippen LogP contribution in [0.1, 0.15) is 75.2 Å². The normalized spacial score (nSPS) is 13.3. The predicted octanol–water partition coefficient (Wildman–Crippen LogP) is 3.25. The average molecular weight is 568 g/mol. The van der Waals surface area contributed by atoms with Crippen LogP contribution in [0.5, 0.6) is 0 Å². The van der Waals surface area contributed by atoms with Gasteiger partial charge in [-0.15, -0.1) is 0 Å². The minimum atomic E-state index is -4.05. The predicted molar refractivity (Wildman–Crippen MR) is 148 cm³/mol. The van der Waals surface area contributed by atoms with E-state index in [-0.39, 0.29) is 55.1 Å². The van der Waals surface area contributed by atoms with Gasteiger partial charge in [-0.25, -0.2) is 9.52 Å². The van der Waals surface area contributed by atoms with Gasteiger partial charge in [0.25, 0.3) is 0 Å². The molecular formula is C26H53N3O8S. The zero-order chi connectivity index (χ0) is 29.7. The van der Waals surface area contributed by atoms with E-state index in [1.54, 1.807) is 4.72 Å². The second kappa shape index (κ2) is 16.0. The van der Waals surface area contributed by atoms with Crippen molar-refractivity contribution in [3.8, 4) is 0 Å². The van der Waals surface area contributed by atoms with Crippen LogP contribution in [-0.2, 0) is 34.0 Å². The van der Waals surface area contributed by atoms with Crippen molar-refractivity contribution in [2.24, 2.45) is 21.7 Å². The Bertz CT molecular complexity index is 821. The monoisotopic (exact) mass is 567 g/mol. The molecule has 0 aliphatic rings. The lowest BCUT2D eigenvalue weighted by Crippen LogP contribution is -2.43. The van der Waals surface area contributed by atoms with Crippen LogP contribution >= 0.6 is 0 Å². The molecule has 0 fully saturated rings. The highest BCUT2D eigenvalue weighted by molar-refractivity contribution is 7.88. The number of methoxy groups -OCH3 is 1. The lowest BCUT2D eigenvalue weighted by atomic mass is 9.59. The third-order valence-corrected chi connectivity index (χ3v) is 7.69. The van der Waals surface area contributed by atoms with Gasteiger partial charge in [-0.2, -0.15) is 13.1 Å². The summed E-state index contributed by atoms with van der Waals surface area (Å²) in [6.07, 6.45) is 0.624. The van der Waals surface area contributed by atoms with Crippen LogP contribution in [-0.4, -0.2) is 80.3 Å². The first kappa shape index (κ1) is 36.5. The molecule has 0 saturated heterocycles. The van der Waals surface area contributed by atoms with E-state index < -0.39 is 21.7 Å². The summed E-state index contributed by atoms with van der Waals surface area (Å²) in [7, 11) is -2.52. The van der Waals surface area contributed by atoms with E-state index in [4.69, 9.17) is 18.9 Å². The molecule has 0 spiro atoms. The molecule has 0 aliphatic carbocycles. The molecule has 0 atom stereocenters. The molecule has 0 aromatic carbocycles. The first-order chi connectivity index (χ1) is 17.2. The molecule has 226 valence electrons. The Kier molecular flexibility index (Phi) is 15.3. The molecule has 2 amide bonds. The van der Waals surface area contributed by atoms with E-state index in [0.717, 1.165) is 12.8 Å². The molecule has 0 unspecified atom stereocenters. The van der Waals surface area contributed by atoms with Crippen molar-refractivity contribution in [1.29, 1.82) is 0 Å². The molecule has 0 saturated carbocycles. The number of rotatable bonds is 19. The molecule has 0 aromatic rings. The van der Waals surface area contributed by atoms with Gasteiger partial charge in [0.05, 0.1) is 33.0 Å². The number of carbonyl (C=O) groups is 2. The van der Waals surface area contributed by atoms with Gasteiger partial charge in [0, 0.05) is 25.6 Å². The molecule has 0 aromatic heterocycles. The first-order valence-electron chi connectivity index (χ1n) is 13.1. The van der Waals surface area contributed by atoms with Crippen LogP contribution in [0.4, 0.5) is 4.79 Å². The molecular weight excluding hydrogens is 514 g/mol. The molecule has 0 rings (SSSR count). The topological polar surface area (TPSA) is 141 Å². The number of hydrogen-bond donors (Lipinski definition) is 3. The third-order valence-electron chi connectivity index (χ3n) is 6.67. The molecule has 3 N–H and O–H groups in total. The Hall–Kier alpha value is -1.47. The van der Waals surface area contributed by atoms with Crippen molar-refractivity contribution in [3.63, 3.8) is 0 Å². The summed E-state index contributed by atoms with van der Waals surface area (Å²) in [6, 6.07) is 0. The number of amides is 2. The quantitative estimate of drug-likeness (QED) is 0.202. The standard InChI is InChI=1S/C26H53N3O8S/c1-23(2,3)26(8,9)20-24(4,5)19-25(6,7)21(30)27-11-13-35-17-18-37-22(31)29-38(32,33)28-12-14-36-16-15-34-10/h28H,11-20H2,1-10H3,(H,27,30)(H,29,31). The van der Waals surface area contributed by atoms with E-state index in [9.17, 15) is 18.0 Å². The maximum Gasteiger partial charge on any atom is 0.421 e. The zero-order valence-corrected chi connectivity index (χ0v) is 26.1. The fourth-order valence-corrected chi connectivity index (χ4v) is 4.94. The average Bonchev–Trinajstić information content (AvgIpc) is 2.72. The van der Waals surface area contributed by atoms with Gasteiger partial charge in [0.15, 0.2) is 0 Å². The van der Waals surface area contributed by atoms with Gasteiger partial charge in [0.1, 0.15) is 6.61 Å². The Morgan fingerprint density at radius 2 is 1.29 bits per heavy atom. The highest BCUT2D eigenvalue weighted by Crippen LogP contribution is 2.49. The van der Waals surface area contributed by atoms with E-state index in [2.05, 4.69) is 58.5 Å². The third kappa shape index (κ3) is 15.8. The number of ether oxygens (including phenoxy) is 4. The second-order valence-corrected chi connectivity index (χ2v) is 14.1. The fraction of sp³-hybridized carbons (Fsp3) is 0.923. The van der Waals surface area contributed by atoms with Crippen LogP contribution in [0.25, 0.3) is 0 Å². The number of hydrogen-bond acceptors (Lipinski definition) is 8. The molecule has 0 bridgehead atoms. The van der Waals surface area contributed by atoms with E-state index in [0.29, 0.717) is 19.8 Å². The van der Waals surface area contributed by atoms with Gasteiger partial charge < -0.3 is 24.3 Å². The highest BCUT2D eigenvalue weighted by atomic mass is 32.2. The summed E-state index contributed by atoms with van der Waals surface area (Å²) in [5.41, 5.74) is -0.292. The van der Waals surface area contributed by atoms with Crippen molar-refractivity contribution in [2.45, 2.75) is 75.2 Å². The Morgan fingerprint density at radius 1 is 0.737 bits per heavy atom. The zero-order valence-electron chi connectivity index (χ0n) is 25.2. The van der Waals surface area contributed by atoms with Gasteiger partial charge in [-0.05, 0) is 29.1 Å². The largest absolute Gasteiger partial charge is 0.446 e. The van der Waals surface area contributed by atoms with Crippen LogP contribution in [0.2, 0.25) is 0 Å². The fourth-order valence-electron chi connectivity index (χ4n) is 4.24. The van der Waals surface area contributed by atoms with Crippen LogP contribution < -0.4 is 14.8 Å². The molecule has 12 heteroatoms. The summed E-state index contributed by atoms with van der Waals surface area (Å²) >= 11 is 0. The van der Waals surface area contributed by atoms with E-state index >= 15 is 0 Å². The Balaban J connectivity index is 4.22. The lowest BCUT2D eigenvalue weighted by Gasteiger charge is -2.46. The molecule has 11 nitrogen and oxygen atoms in total. The summed E-state index contributed by atoms with van der Waals surface area (Å²) in [5, 5.41) is 2.92. The van der Waals surface area contributed by atoms with Crippen molar-refractivity contribution >= 4 is 22.2 Å². The van der Waals surface area contributed by atoms with Crippen molar-refractivity contribution < 1.29 is 37.0 Å². The van der Waals surface area contributed by atoms with Crippen LogP contribution in [0.3, 0.4) is 0 Å². The second-order valence-electron chi connectivity index (χ2n) is 12.6. The minimum Gasteiger partial charge on any atom is -0.446 e. The molecule has 38 heavy (non-hydrogen) atoms. The van der Waals surface area contributed by atoms with E-state index in [1.807, 2.05) is 13.8 Å². The minimum absolute atomic E-state index is 0.00956. The van der Waals surface area contributed by atoms with Gasteiger partial charge in [-0.1, -0.05) is 62.3 Å². The van der Waals surface area contributed by atoms with Gasteiger partial charge in [0.2, 0.25) is 5.91 Å². The van der Waals surface area contributed by atoms with E-state index in [1.165, 1.54) is 7.11 Å². The van der Waals surface area contributed by atoms with Gasteiger partial charge in [-0.3, -0.25) is 4.79 Å². The smallest absolute Gasteiger partial charge is 0.421 e. The van der Waals surface area contributed by atoms with Crippen molar-refractivity contribution in [2.75, 3.05) is 59.8 Å². The molecule has 0 aliphatic heterocycles. The summed E-state index contributed by atoms with van der Waals surface area (Å²) in [6.45, 7) is 21.0. The highest BCUT2D eigenvalue weighted by Gasteiger charge is 2.41. The van der Waals surface area contributed by atoms with Gasteiger partial charge >= 0.3 is 16.3 Å². The number of nitrogens with one attached hydrogen (secondary N) is 3. The Morgan fingerprint density at radius 3 is 1.84 bits per heavy atom.